The summed E-state index contributed by atoms with van der Waals surface area (Å²) in [7, 11) is 6.36. The van der Waals surface area contributed by atoms with Crippen LogP contribution in [0, 0.1) is 0 Å². The van der Waals surface area contributed by atoms with Crippen molar-refractivity contribution in [2.45, 2.75) is 50.2 Å². The van der Waals surface area contributed by atoms with Crippen LogP contribution in [0.2, 0.25) is 0 Å². The van der Waals surface area contributed by atoms with Crippen molar-refractivity contribution in [1.29, 1.82) is 0 Å². The van der Waals surface area contributed by atoms with E-state index in [1.165, 1.54) is 0 Å². The second kappa shape index (κ2) is 16.6. The summed E-state index contributed by atoms with van der Waals surface area (Å²) in [6.07, 6.45) is 0.614. The third-order valence-electron chi connectivity index (χ3n) is 13.4. The van der Waals surface area contributed by atoms with Gasteiger partial charge in [0.15, 0.2) is 23.0 Å². The van der Waals surface area contributed by atoms with Gasteiger partial charge in [0.05, 0.1) is 40.5 Å². The topological polar surface area (TPSA) is 128 Å². The van der Waals surface area contributed by atoms with Crippen molar-refractivity contribution >= 4 is 33.6 Å². The smallest absolute Gasteiger partial charge is 0.247 e. The van der Waals surface area contributed by atoms with E-state index in [1.54, 1.807) is 38.2 Å². The van der Waals surface area contributed by atoms with E-state index >= 15 is 9.59 Å². The molecule has 2 N–H and O–H groups in total. The number of carbonyl (C=O) groups excluding carboxylic acids is 2. The predicted molar refractivity (Wildman–Crippen MR) is 250 cm³/mol. The molecule has 1 fully saturated rings. The Balaban J connectivity index is 1.06. The molecule has 3 aliphatic rings. The van der Waals surface area contributed by atoms with E-state index in [0.717, 1.165) is 55.4 Å². The lowest BCUT2D eigenvalue weighted by Gasteiger charge is -2.53. The van der Waals surface area contributed by atoms with Crippen LogP contribution in [0.15, 0.2) is 133 Å². The van der Waals surface area contributed by atoms with Crippen LogP contribution in [-0.2, 0) is 35.6 Å². The number of piperazine rings is 1. The fraction of sp³-hybridized carbons (Fsp3) is 0.222. The summed E-state index contributed by atoms with van der Waals surface area (Å²) in [5, 5.41) is 1.99. The molecule has 8 aromatic rings. The average Bonchev–Trinajstić information content (AvgIpc) is 3.93. The number of hydrogen-bond acceptors (Lipinski definition) is 8. The minimum atomic E-state index is -0.859. The highest BCUT2D eigenvalue weighted by atomic mass is 16.5. The number of nitrogens with zero attached hydrogens (tertiary/aromatic N) is 2. The number of nitrogens with one attached hydrogen (secondary N) is 2. The lowest BCUT2D eigenvalue weighted by molar-refractivity contribution is -0.167. The molecule has 3 aliphatic heterocycles. The largest absolute Gasteiger partial charge is 0.493 e. The molecule has 1 saturated heterocycles. The number of aromatic amines is 2. The van der Waals surface area contributed by atoms with Gasteiger partial charge in [-0.25, -0.2) is 0 Å². The second-order valence-corrected chi connectivity index (χ2v) is 16.9. The number of benzene rings is 6. The normalized spacial score (nSPS) is 18.6. The van der Waals surface area contributed by atoms with Crippen molar-refractivity contribution in [2.24, 2.45) is 0 Å². The molecule has 11 rings (SSSR count). The minimum Gasteiger partial charge on any atom is -0.493 e. The molecule has 12 nitrogen and oxygen atoms in total. The van der Waals surface area contributed by atoms with Gasteiger partial charge in [-0.3, -0.25) is 9.59 Å². The molecule has 0 unspecified atom stereocenters. The summed E-state index contributed by atoms with van der Waals surface area (Å²) in [5.41, 5.74) is 8.85. The van der Waals surface area contributed by atoms with Crippen LogP contribution in [-0.4, -0.2) is 72.1 Å². The molecule has 0 saturated carbocycles. The number of amides is 2. The third-order valence-corrected chi connectivity index (χ3v) is 13.4. The Morgan fingerprint density at radius 2 is 0.833 bits per heavy atom. The number of methoxy groups -OCH3 is 4. The van der Waals surface area contributed by atoms with Gasteiger partial charge in [0.1, 0.15) is 25.3 Å². The van der Waals surface area contributed by atoms with E-state index in [2.05, 4.69) is 22.1 Å². The number of ether oxygens (including phenoxy) is 6. The Bertz CT molecular complexity index is 2880. The molecule has 0 spiro atoms. The summed E-state index contributed by atoms with van der Waals surface area (Å²) < 4.78 is 36.8. The molecule has 2 amide bonds. The van der Waals surface area contributed by atoms with Gasteiger partial charge >= 0.3 is 0 Å². The van der Waals surface area contributed by atoms with Gasteiger partial charge < -0.3 is 48.2 Å². The van der Waals surface area contributed by atoms with E-state index in [4.69, 9.17) is 28.4 Å². The fourth-order valence-corrected chi connectivity index (χ4v) is 10.4. The Morgan fingerprint density at radius 1 is 0.485 bits per heavy atom. The van der Waals surface area contributed by atoms with E-state index in [9.17, 15) is 0 Å². The summed E-state index contributed by atoms with van der Waals surface area (Å²) >= 11 is 0. The molecule has 12 heteroatoms. The number of carbonyl (C=O) groups is 2. The maximum atomic E-state index is 15.9. The first-order valence-electron chi connectivity index (χ1n) is 22.1. The third kappa shape index (κ3) is 6.66. The number of para-hydroxylation sites is 2. The van der Waals surface area contributed by atoms with E-state index in [1.807, 2.05) is 121 Å². The fourth-order valence-electron chi connectivity index (χ4n) is 10.4. The lowest BCUT2D eigenvalue weighted by Crippen LogP contribution is -2.69. The van der Waals surface area contributed by atoms with Gasteiger partial charge in [-0.1, -0.05) is 97.1 Å². The zero-order chi connectivity index (χ0) is 45.1. The molecule has 5 heterocycles. The van der Waals surface area contributed by atoms with Crippen LogP contribution >= 0.6 is 0 Å². The molecule has 0 bridgehead atoms. The van der Waals surface area contributed by atoms with Crippen molar-refractivity contribution < 1.29 is 38.0 Å². The zero-order valence-corrected chi connectivity index (χ0v) is 37.0. The van der Waals surface area contributed by atoms with E-state index in [-0.39, 0.29) is 11.8 Å². The van der Waals surface area contributed by atoms with E-state index < -0.39 is 24.2 Å². The Kier molecular flexibility index (Phi) is 10.3. The summed E-state index contributed by atoms with van der Waals surface area (Å²) in [6, 6.07) is 40.4. The van der Waals surface area contributed by atoms with Crippen molar-refractivity contribution in [1.82, 2.24) is 19.8 Å². The molecule has 0 aliphatic carbocycles. The highest BCUT2D eigenvalue weighted by Gasteiger charge is 2.56. The Morgan fingerprint density at radius 3 is 1.20 bits per heavy atom. The van der Waals surface area contributed by atoms with Crippen LogP contribution in [0.3, 0.4) is 0 Å². The van der Waals surface area contributed by atoms with Gasteiger partial charge in [-0.15, -0.1) is 0 Å². The molecule has 66 heavy (non-hydrogen) atoms. The predicted octanol–water partition coefficient (Wildman–Crippen LogP) is 9.24. The minimum absolute atomic E-state index is 0.168. The molecular formula is C54H48N4O8. The van der Waals surface area contributed by atoms with Gasteiger partial charge in [-0.2, -0.15) is 0 Å². The van der Waals surface area contributed by atoms with E-state index in [0.29, 0.717) is 71.7 Å². The van der Waals surface area contributed by atoms with Crippen molar-refractivity contribution in [3.8, 4) is 34.5 Å². The molecule has 0 radical (unpaired) electrons. The van der Waals surface area contributed by atoms with Crippen LogP contribution < -0.4 is 28.4 Å². The molecular weight excluding hydrogens is 833 g/mol. The molecule has 4 atom stereocenters. The number of rotatable bonds is 12. The van der Waals surface area contributed by atoms with Gasteiger partial charge in [0, 0.05) is 46.0 Å². The molecule has 6 aromatic carbocycles. The van der Waals surface area contributed by atoms with Gasteiger partial charge in [0.2, 0.25) is 23.3 Å². The number of fused-ring (bicyclic) bond motifs is 8. The van der Waals surface area contributed by atoms with Crippen molar-refractivity contribution in [2.75, 3.05) is 28.4 Å². The van der Waals surface area contributed by atoms with Crippen LogP contribution in [0.5, 0.6) is 34.5 Å². The first-order valence-corrected chi connectivity index (χ1v) is 22.1. The zero-order valence-electron chi connectivity index (χ0n) is 37.0. The van der Waals surface area contributed by atoms with Gasteiger partial charge in [-0.05, 0) is 69.8 Å². The Hall–Kier alpha value is -7.86. The van der Waals surface area contributed by atoms with Crippen LogP contribution in [0.4, 0.5) is 0 Å². The first kappa shape index (κ1) is 40.9. The maximum Gasteiger partial charge on any atom is 0.247 e. The molecule has 2 aromatic heterocycles. The maximum absolute atomic E-state index is 15.9. The monoisotopic (exact) mass is 880 g/mol. The quantitative estimate of drug-likeness (QED) is 0.124. The van der Waals surface area contributed by atoms with Crippen LogP contribution in [0.1, 0.15) is 56.9 Å². The average molecular weight is 881 g/mol. The number of hydrogen-bond donors (Lipinski definition) is 2. The van der Waals surface area contributed by atoms with Crippen LogP contribution in [0.25, 0.3) is 21.8 Å². The summed E-state index contributed by atoms with van der Waals surface area (Å²) in [4.78, 5) is 42.8. The standard InChI is InChI=1S/C54H48N4O8/c1-61-43-23-33(24-44(62-2)51(43)65-29-31-15-7-5-8-16-31)49-47-37(35-19-11-13-21-39(35)55-47)27-41-54(60)58-42(53(59)57(41)49)28-38-36-20-12-14-22-40(36)56-48(38)50(58)34-25-45(63-3)52(46(26-34)64-4)66-30-32-17-9-6-10-18-32/h5-26,41-42,49-50,55-56H,27-30H2,1-4H3/t41-,42-,49+,50+/m1/s1. The molecule has 332 valence electrons. The lowest BCUT2D eigenvalue weighted by atomic mass is 9.80. The van der Waals surface area contributed by atoms with Gasteiger partial charge in [0.25, 0.3) is 0 Å². The van der Waals surface area contributed by atoms with Crippen molar-refractivity contribution in [3.05, 3.63) is 178 Å². The number of H-pyrrole nitrogens is 2. The number of aromatic nitrogens is 2. The van der Waals surface area contributed by atoms with Crippen molar-refractivity contribution in [3.63, 3.8) is 0 Å². The first-order chi connectivity index (χ1) is 32.4. The highest BCUT2D eigenvalue weighted by molar-refractivity contribution is 6.01. The SMILES string of the molecule is COc1cc([C@H]2c3[nH]c4ccccc4c3C[C@@H]3C(=O)N4[C@@H](c5cc(OC)c(OCc6ccccc6)c(OC)c5)c5[nH]c6ccccc6c5C[C@@H]4C(=O)N23)cc(OC)c1OCc1ccccc1. The summed E-state index contributed by atoms with van der Waals surface area (Å²) in [5.74, 6) is 2.31. The Labute approximate surface area is 381 Å². The highest BCUT2D eigenvalue weighted by Crippen LogP contribution is 2.52. The second-order valence-electron chi connectivity index (χ2n) is 16.9. The summed E-state index contributed by atoms with van der Waals surface area (Å²) in [6.45, 7) is 0.582.